The molecule has 0 unspecified atom stereocenters. The van der Waals surface area contributed by atoms with Crippen LogP contribution in [-0.2, 0) is 0 Å². The third-order valence-electron chi connectivity index (χ3n) is 6.18. The molecule has 0 aliphatic rings. The number of aryl methyl sites for hydroxylation is 1. The summed E-state index contributed by atoms with van der Waals surface area (Å²) >= 11 is 1.42. The number of hydrogen-bond acceptors (Lipinski definition) is 5. The number of benzene rings is 3. The van der Waals surface area contributed by atoms with Crippen LogP contribution in [0.5, 0.6) is 11.5 Å². The van der Waals surface area contributed by atoms with Crippen molar-refractivity contribution in [2.24, 2.45) is 0 Å². The minimum absolute atomic E-state index is 0.132. The number of carbonyl (C=O) groups is 1. The number of thiophene rings is 1. The molecule has 2 heterocycles. The van der Waals surface area contributed by atoms with Crippen LogP contribution < -0.4 is 14.8 Å². The summed E-state index contributed by atoms with van der Waals surface area (Å²) in [6.45, 7) is 3.85. The number of aromatic nitrogens is 2. The molecule has 6 nitrogen and oxygen atoms in total. The molecule has 8 heteroatoms. The number of halogens is 1. The molecule has 0 aliphatic heterocycles. The summed E-state index contributed by atoms with van der Waals surface area (Å²) in [5.41, 5.74) is 3.44. The second-order valence-corrected chi connectivity index (χ2v) is 9.68. The van der Waals surface area contributed by atoms with E-state index in [9.17, 15) is 9.18 Å². The molecule has 2 aromatic heterocycles. The van der Waals surface area contributed by atoms with Gasteiger partial charge in [0.2, 0.25) is 0 Å². The Hall–Kier alpha value is -4.17. The van der Waals surface area contributed by atoms with E-state index in [1.807, 2.05) is 67.8 Å². The highest BCUT2D eigenvalue weighted by molar-refractivity contribution is 7.12. The van der Waals surface area contributed by atoms with E-state index in [0.717, 1.165) is 27.7 Å². The second-order valence-electron chi connectivity index (χ2n) is 8.76. The zero-order valence-corrected chi connectivity index (χ0v) is 21.5. The number of carbonyl (C=O) groups excluding carboxylic acids is 1. The number of rotatable bonds is 8. The van der Waals surface area contributed by atoms with Crippen molar-refractivity contribution in [3.8, 4) is 17.2 Å². The second kappa shape index (κ2) is 10.4. The van der Waals surface area contributed by atoms with Gasteiger partial charge in [-0.3, -0.25) is 4.79 Å². The highest BCUT2D eigenvalue weighted by Gasteiger charge is 2.25. The summed E-state index contributed by atoms with van der Waals surface area (Å²) in [5, 5.41) is 10.4. The van der Waals surface area contributed by atoms with Crippen molar-refractivity contribution in [2.75, 3.05) is 7.11 Å². The van der Waals surface area contributed by atoms with Crippen molar-refractivity contribution >= 4 is 28.1 Å². The quantitative estimate of drug-likeness (QED) is 0.257. The summed E-state index contributed by atoms with van der Waals surface area (Å²) in [7, 11) is 1.62. The van der Waals surface area contributed by atoms with Crippen LogP contribution in [0.1, 0.15) is 33.8 Å². The van der Waals surface area contributed by atoms with Gasteiger partial charge in [0.05, 0.1) is 35.4 Å². The number of fused-ring (bicyclic) bond motifs is 1. The molecule has 0 radical (unpaired) electrons. The van der Waals surface area contributed by atoms with Gasteiger partial charge in [0.25, 0.3) is 5.91 Å². The van der Waals surface area contributed by atoms with E-state index in [2.05, 4.69) is 10.4 Å². The van der Waals surface area contributed by atoms with E-state index >= 15 is 0 Å². The Kier molecular flexibility index (Phi) is 6.92. The number of ether oxygens (including phenoxy) is 2. The highest BCUT2D eigenvalue weighted by atomic mass is 32.1. The topological polar surface area (TPSA) is 65.4 Å². The highest BCUT2D eigenvalue weighted by Crippen LogP contribution is 2.31. The molecule has 1 N–H and O–H groups in total. The van der Waals surface area contributed by atoms with E-state index in [4.69, 9.17) is 9.47 Å². The van der Waals surface area contributed by atoms with Gasteiger partial charge in [0.15, 0.2) is 0 Å². The van der Waals surface area contributed by atoms with E-state index < -0.39 is 6.10 Å². The molecule has 37 heavy (non-hydrogen) atoms. The molecule has 5 aromatic rings. The van der Waals surface area contributed by atoms with Crippen LogP contribution in [0.4, 0.5) is 4.39 Å². The largest absolute Gasteiger partial charge is 0.497 e. The summed E-state index contributed by atoms with van der Waals surface area (Å²) in [6.07, 6.45) is 1.26. The molecule has 2 atom stereocenters. The molecule has 188 valence electrons. The fraction of sp³-hybridized carbons (Fsp3) is 0.172. The third-order valence-corrected chi connectivity index (χ3v) is 7.19. The lowest BCUT2D eigenvalue weighted by Gasteiger charge is -2.27. The Morgan fingerprint density at radius 3 is 2.59 bits per heavy atom. The van der Waals surface area contributed by atoms with Crippen molar-refractivity contribution < 1.29 is 18.7 Å². The van der Waals surface area contributed by atoms with E-state index in [-0.39, 0.29) is 17.8 Å². The zero-order chi connectivity index (χ0) is 25.9. The van der Waals surface area contributed by atoms with Crippen LogP contribution >= 0.6 is 11.3 Å². The number of nitrogens with zero attached hydrogens (tertiary/aromatic N) is 2. The fourth-order valence-corrected chi connectivity index (χ4v) is 5.08. The molecule has 0 spiro atoms. The van der Waals surface area contributed by atoms with Gasteiger partial charge in [0, 0.05) is 5.39 Å². The third kappa shape index (κ3) is 5.20. The number of amides is 1. The van der Waals surface area contributed by atoms with E-state index in [1.165, 1.54) is 23.5 Å². The minimum Gasteiger partial charge on any atom is -0.497 e. The average molecular weight is 516 g/mol. The average Bonchev–Trinajstić information content (AvgIpc) is 3.53. The molecule has 0 bridgehead atoms. The maximum Gasteiger partial charge on any atom is 0.261 e. The van der Waals surface area contributed by atoms with Crippen LogP contribution in [0.2, 0.25) is 0 Å². The fourth-order valence-electron chi connectivity index (χ4n) is 4.25. The van der Waals surface area contributed by atoms with Crippen LogP contribution in [0.25, 0.3) is 16.6 Å². The first-order valence-electron chi connectivity index (χ1n) is 11.8. The first-order chi connectivity index (χ1) is 17.9. The lowest BCUT2D eigenvalue weighted by Crippen LogP contribution is -2.39. The van der Waals surface area contributed by atoms with Gasteiger partial charge in [-0.05, 0) is 91.0 Å². The molecular weight excluding hydrogens is 489 g/mol. The van der Waals surface area contributed by atoms with Gasteiger partial charge < -0.3 is 14.8 Å². The van der Waals surface area contributed by atoms with Gasteiger partial charge in [0.1, 0.15) is 23.4 Å². The van der Waals surface area contributed by atoms with Crippen molar-refractivity contribution in [3.05, 3.63) is 106 Å². The van der Waals surface area contributed by atoms with Crippen LogP contribution in [0.15, 0.2) is 84.4 Å². The number of nitrogens with one attached hydrogen (secondary N) is 1. The molecule has 5 rings (SSSR count). The van der Waals surface area contributed by atoms with Crippen molar-refractivity contribution in [1.82, 2.24) is 15.1 Å². The molecule has 0 aliphatic carbocycles. The van der Waals surface area contributed by atoms with Crippen molar-refractivity contribution in [2.45, 2.75) is 26.0 Å². The monoisotopic (exact) mass is 515 g/mol. The predicted octanol–water partition coefficient (Wildman–Crippen LogP) is 6.48. The van der Waals surface area contributed by atoms with Crippen molar-refractivity contribution in [1.29, 1.82) is 0 Å². The molecular formula is C29H26FN3O3S. The normalized spacial score (nSPS) is 12.8. The van der Waals surface area contributed by atoms with Gasteiger partial charge in [-0.2, -0.15) is 5.10 Å². The summed E-state index contributed by atoms with van der Waals surface area (Å²) in [4.78, 5) is 13.7. The maximum absolute atomic E-state index is 13.4. The molecule has 0 saturated heterocycles. The summed E-state index contributed by atoms with van der Waals surface area (Å²) in [5.74, 6) is 0.907. The van der Waals surface area contributed by atoms with E-state index in [1.54, 1.807) is 30.1 Å². The Morgan fingerprint density at radius 1 is 1.05 bits per heavy atom. The molecule has 1 amide bonds. The Bertz CT molecular complexity index is 1540. The number of hydrogen-bond donors (Lipinski definition) is 1. The molecule has 3 aromatic carbocycles. The summed E-state index contributed by atoms with van der Waals surface area (Å²) < 4.78 is 27.0. The van der Waals surface area contributed by atoms with Gasteiger partial charge in [-0.1, -0.05) is 12.1 Å². The minimum atomic E-state index is -0.482. The smallest absolute Gasteiger partial charge is 0.261 e. The maximum atomic E-state index is 13.4. The SMILES string of the molecule is COc1cccc([C@H](Oc2ccc3c(cnn3-c3ccc(F)cc3)c2)[C@H](C)NC(=O)c2sccc2C)c1. The van der Waals surface area contributed by atoms with Gasteiger partial charge in [-0.15, -0.1) is 11.3 Å². The van der Waals surface area contributed by atoms with Gasteiger partial charge in [-0.25, -0.2) is 9.07 Å². The lowest BCUT2D eigenvalue weighted by atomic mass is 10.0. The Labute approximate surface area is 218 Å². The van der Waals surface area contributed by atoms with Crippen LogP contribution in [0.3, 0.4) is 0 Å². The van der Waals surface area contributed by atoms with Crippen molar-refractivity contribution in [3.63, 3.8) is 0 Å². The lowest BCUT2D eigenvalue weighted by molar-refractivity contribution is 0.0885. The first-order valence-corrected chi connectivity index (χ1v) is 12.7. The van der Waals surface area contributed by atoms with Crippen LogP contribution in [0, 0.1) is 12.7 Å². The van der Waals surface area contributed by atoms with Crippen LogP contribution in [-0.4, -0.2) is 28.8 Å². The summed E-state index contributed by atoms with van der Waals surface area (Å²) in [6, 6.07) is 21.1. The zero-order valence-electron chi connectivity index (χ0n) is 20.6. The molecule has 0 fully saturated rings. The first kappa shape index (κ1) is 24.5. The van der Waals surface area contributed by atoms with E-state index in [0.29, 0.717) is 16.4 Å². The predicted molar refractivity (Wildman–Crippen MR) is 143 cm³/mol. The number of methoxy groups -OCH3 is 1. The standard InChI is InChI=1S/C29H26FN3O3S/c1-18-13-14-37-28(18)29(34)32-19(2)27(20-5-4-6-24(15-20)35-3)36-25-11-12-26-21(16-25)17-31-33(26)23-9-7-22(30)8-10-23/h4-17,19,27H,1-3H3,(H,32,34)/t19-,27+/m0/s1. The molecule has 0 saturated carbocycles. The Morgan fingerprint density at radius 2 is 1.86 bits per heavy atom. The van der Waals surface area contributed by atoms with Gasteiger partial charge >= 0.3 is 0 Å². The Balaban J connectivity index is 1.45.